The number of ether oxygens (including phenoxy) is 2. The number of sulfonamides is 1. The molecule has 4 aromatic rings. The molecule has 190 valence electrons. The van der Waals surface area contributed by atoms with Crippen LogP contribution >= 0.6 is 11.6 Å². The third kappa shape index (κ3) is 6.38. The van der Waals surface area contributed by atoms with Crippen molar-refractivity contribution >= 4 is 38.9 Å². The van der Waals surface area contributed by atoms with Crippen molar-refractivity contribution in [1.29, 1.82) is 0 Å². The second kappa shape index (κ2) is 11.3. The molecule has 0 fully saturated rings. The average molecular weight is 541 g/mol. The van der Waals surface area contributed by atoms with Crippen LogP contribution in [0.3, 0.4) is 0 Å². The highest BCUT2D eigenvalue weighted by atomic mass is 35.5. The van der Waals surface area contributed by atoms with E-state index in [9.17, 15) is 17.6 Å². The summed E-state index contributed by atoms with van der Waals surface area (Å²) < 4.78 is 52.4. The molecule has 0 saturated heterocycles. The van der Waals surface area contributed by atoms with Gasteiger partial charge in [-0.25, -0.2) is 12.8 Å². The fourth-order valence-electron chi connectivity index (χ4n) is 3.42. The van der Waals surface area contributed by atoms with E-state index in [0.717, 1.165) is 28.6 Å². The van der Waals surface area contributed by atoms with Gasteiger partial charge < -0.3 is 14.8 Å². The Labute approximate surface area is 219 Å². The van der Waals surface area contributed by atoms with Gasteiger partial charge in [-0.2, -0.15) is 0 Å². The average Bonchev–Trinajstić information content (AvgIpc) is 2.90. The summed E-state index contributed by atoms with van der Waals surface area (Å²) in [5.41, 5.74) is 0.474. The lowest BCUT2D eigenvalue weighted by atomic mass is 10.2. The predicted octanol–water partition coefficient (Wildman–Crippen LogP) is 6.11. The molecule has 4 rings (SSSR count). The number of amides is 1. The second-order valence-corrected chi connectivity index (χ2v) is 10.1. The smallest absolute Gasteiger partial charge is 0.264 e. The SMILES string of the molecule is COc1ccc(N(CC(=O)Nc2cc(Cl)ccc2Oc2ccccc2)S(=O)(=O)c2ccc(F)cc2)cc1. The minimum absolute atomic E-state index is 0.173. The lowest BCUT2D eigenvalue weighted by Gasteiger charge is -2.24. The summed E-state index contributed by atoms with van der Waals surface area (Å²) in [5, 5.41) is 3.04. The van der Waals surface area contributed by atoms with Crippen molar-refractivity contribution in [2.45, 2.75) is 4.90 Å². The number of carbonyl (C=O) groups excluding carboxylic acids is 1. The number of hydrogen-bond donors (Lipinski definition) is 1. The molecule has 1 N–H and O–H groups in total. The summed E-state index contributed by atoms with van der Waals surface area (Å²) >= 11 is 6.14. The molecular formula is C27H22ClFN2O5S. The molecule has 1 amide bonds. The monoisotopic (exact) mass is 540 g/mol. The van der Waals surface area contributed by atoms with E-state index in [1.54, 1.807) is 48.5 Å². The van der Waals surface area contributed by atoms with Crippen LogP contribution in [0.5, 0.6) is 17.2 Å². The highest BCUT2D eigenvalue weighted by Crippen LogP contribution is 2.32. The van der Waals surface area contributed by atoms with Crippen molar-refractivity contribution < 1.29 is 27.1 Å². The van der Waals surface area contributed by atoms with E-state index in [4.69, 9.17) is 21.1 Å². The topological polar surface area (TPSA) is 84.9 Å². The van der Waals surface area contributed by atoms with Crippen LogP contribution in [0.4, 0.5) is 15.8 Å². The van der Waals surface area contributed by atoms with Gasteiger partial charge in [0.25, 0.3) is 10.0 Å². The molecule has 0 radical (unpaired) electrons. The maximum absolute atomic E-state index is 13.5. The van der Waals surface area contributed by atoms with E-state index < -0.39 is 28.3 Å². The number of nitrogens with one attached hydrogen (secondary N) is 1. The maximum Gasteiger partial charge on any atom is 0.264 e. The minimum Gasteiger partial charge on any atom is -0.497 e. The van der Waals surface area contributed by atoms with Gasteiger partial charge in [0.1, 0.15) is 23.9 Å². The predicted molar refractivity (Wildman–Crippen MR) is 141 cm³/mol. The number of para-hydroxylation sites is 1. The number of methoxy groups -OCH3 is 1. The molecule has 0 bridgehead atoms. The highest BCUT2D eigenvalue weighted by molar-refractivity contribution is 7.92. The Bertz CT molecular complexity index is 1480. The zero-order valence-electron chi connectivity index (χ0n) is 19.6. The summed E-state index contributed by atoms with van der Waals surface area (Å²) in [6.45, 7) is -0.580. The summed E-state index contributed by atoms with van der Waals surface area (Å²) in [6, 6.07) is 24.2. The summed E-state index contributed by atoms with van der Waals surface area (Å²) in [7, 11) is -2.76. The van der Waals surface area contributed by atoms with Crippen LogP contribution in [0, 0.1) is 5.82 Å². The molecule has 0 unspecified atom stereocenters. The molecule has 7 nitrogen and oxygen atoms in total. The molecular weight excluding hydrogens is 519 g/mol. The second-order valence-electron chi connectivity index (χ2n) is 7.77. The van der Waals surface area contributed by atoms with Crippen LogP contribution in [0.15, 0.2) is 102 Å². The summed E-state index contributed by atoms with van der Waals surface area (Å²) in [4.78, 5) is 13.0. The third-order valence-corrected chi connectivity index (χ3v) is 7.26. The van der Waals surface area contributed by atoms with Crippen molar-refractivity contribution in [1.82, 2.24) is 0 Å². The Morgan fingerprint density at radius 3 is 2.24 bits per heavy atom. The fourth-order valence-corrected chi connectivity index (χ4v) is 5.01. The summed E-state index contributed by atoms with van der Waals surface area (Å²) in [6.07, 6.45) is 0. The Kier molecular flexibility index (Phi) is 7.95. The molecule has 0 saturated carbocycles. The van der Waals surface area contributed by atoms with E-state index in [1.807, 2.05) is 6.07 Å². The molecule has 0 spiro atoms. The van der Waals surface area contributed by atoms with Crippen molar-refractivity contribution in [2.75, 3.05) is 23.3 Å². The van der Waals surface area contributed by atoms with E-state index >= 15 is 0 Å². The summed E-state index contributed by atoms with van der Waals surface area (Å²) in [5.74, 6) is 0.135. The normalized spacial score (nSPS) is 11.0. The number of nitrogens with zero attached hydrogens (tertiary/aromatic N) is 1. The van der Waals surface area contributed by atoms with Crippen molar-refractivity contribution in [3.63, 3.8) is 0 Å². The Hall–Kier alpha value is -4.08. The molecule has 0 aliphatic carbocycles. The lowest BCUT2D eigenvalue weighted by molar-refractivity contribution is -0.114. The first-order chi connectivity index (χ1) is 17.8. The van der Waals surface area contributed by atoms with E-state index in [0.29, 0.717) is 22.3 Å². The molecule has 0 aromatic heterocycles. The zero-order valence-corrected chi connectivity index (χ0v) is 21.2. The van der Waals surface area contributed by atoms with Crippen LogP contribution in [0.2, 0.25) is 5.02 Å². The molecule has 0 atom stereocenters. The zero-order chi connectivity index (χ0) is 26.4. The number of halogens is 2. The van der Waals surface area contributed by atoms with Gasteiger partial charge in [-0.15, -0.1) is 0 Å². The van der Waals surface area contributed by atoms with Crippen LogP contribution in [0.25, 0.3) is 0 Å². The molecule has 0 aliphatic rings. The molecule has 37 heavy (non-hydrogen) atoms. The quantitative estimate of drug-likeness (QED) is 0.277. The van der Waals surface area contributed by atoms with Crippen molar-refractivity contribution in [2.24, 2.45) is 0 Å². The van der Waals surface area contributed by atoms with Crippen LogP contribution in [-0.2, 0) is 14.8 Å². The lowest BCUT2D eigenvalue weighted by Crippen LogP contribution is -2.38. The highest BCUT2D eigenvalue weighted by Gasteiger charge is 2.28. The largest absolute Gasteiger partial charge is 0.497 e. The number of anilines is 2. The van der Waals surface area contributed by atoms with Gasteiger partial charge in [-0.1, -0.05) is 29.8 Å². The van der Waals surface area contributed by atoms with Gasteiger partial charge in [-0.05, 0) is 78.9 Å². The first-order valence-corrected chi connectivity index (χ1v) is 12.8. The van der Waals surface area contributed by atoms with Crippen LogP contribution in [-0.4, -0.2) is 28.0 Å². The third-order valence-electron chi connectivity index (χ3n) is 5.24. The minimum atomic E-state index is -4.24. The maximum atomic E-state index is 13.5. The first kappa shape index (κ1) is 26.0. The number of benzene rings is 4. The fraction of sp³-hybridized carbons (Fsp3) is 0.0741. The molecule has 0 aliphatic heterocycles. The number of hydrogen-bond acceptors (Lipinski definition) is 5. The van der Waals surface area contributed by atoms with E-state index in [2.05, 4.69) is 5.32 Å². The Balaban J connectivity index is 1.64. The van der Waals surface area contributed by atoms with E-state index in [1.165, 1.54) is 25.3 Å². The van der Waals surface area contributed by atoms with Crippen LogP contribution in [0.1, 0.15) is 0 Å². The van der Waals surface area contributed by atoms with Gasteiger partial charge in [0.05, 0.1) is 23.4 Å². The van der Waals surface area contributed by atoms with Gasteiger partial charge >= 0.3 is 0 Å². The molecule has 10 heteroatoms. The van der Waals surface area contributed by atoms with Crippen molar-refractivity contribution in [3.05, 3.63) is 108 Å². The van der Waals surface area contributed by atoms with Gasteiger partial charge in [-0.3, -0.25) is 9.10 Å². The number of rotatable bonds is 9. The van der Waals surface area contributed by atoms with Gasteiger partial charge in [0.2, 0.25) is 5.91 Å². The Morgan fingerprint density at radius 2 is 1.59 bits per heavy atom. The standard InChI is InChI=1S/C27H22ClFN2O5S/c1-35-22-12-10-21(11-13-22)31(37(33,34)24-14-8-20(29)9-15-24)18-27(32)30-25-17-19(28)7-16-26(25)36-23-5-3-2-4-6-23/h2-17H,18H2,1H3,(H,30,32). The van der Waals surface area contributed by atoms with Crippen molar-refractivity contribution in [3.8, 4) is 17.2 Å². The van der Waals surface area contributed by atoms with Crippen LogP contribution < -0.4 is 19.1 Å². The Morgan fingerprint density at radius 1 is 0.919 bits per heavy atom. The van der Waals surface area contributed by atoms with E-state index in [-0.39, 0.29) is 16.3 Å². The first-order valence-electron chi connectivity index (χ1n) is 11.0. The molecule has 4 aromatic carbocycles. The molecule has 0 heterocycles. The van der Waals surface area contributed by atoms with Gasteiger partial charge in [0.15, 0.2) is 5.75 Å². The van der Waals surface area contributed by atoms with Gasteiger partial charge in [0, 0.05) is 5.02 Å². The number of carbonyl (C=O) groups is 1.